The van der Waals surface area contributed by atoms with Gasteiger partial charge in [0.25, 0.3) is 0 Å². The van der Waals surface area contributed by atoms with Gasteiger partial charge in [0.1, 0.15) is 5.58 Å². The molecule has 1 aromatic heterocycles. The summed E-state index contributed by atoms with van der Waals surface area (Å²) >= 11 is 3.45. The maximum absolute atomic E-state index is 12.4. The Morgan fingerprint density at radius 2 is 1.83 bits per heavy atom. The van der Waals surface area contributed by atoms with Gasteiger partial charge in [0.05, 0.1) is 12.7 Å². The highest BCUT2D eigenvalue weighted by Crippen LogP contribution is 2.26. The van der Waals surface area contributed by atoms with Crippen LogP contribution in [0.25, 0.3) is 21.7 Å². The number of fused-ring (bicyclic) bond motifs is 2. The fourth-order valence-electron chi connectivity index (χ4n) is 2.84. The van der Waals surface area contributed by atoms with Crippen LogP contribution in [0.2, 0.25) is 0 Å². The summed E-state index contributed by atoms with van der Waals surface area (Å²) in [5.74, 6) is -0.0621. The summed E-state index contributed by atoms with van der Waals surface area (Å²) in [7, 11) is 0. The summed E-state index contributed by atoms with van der Waals surface area (Å²) in [4.78, 5) is 12.4. The summed E-state index contributed by atoms with van der Waals surface area (Å²) < 4.78 is 6.48. The molecule has 4 rings (SSSR count). The van der Waals surface area contributed by atoms with E-state index in [2.05, 4.69) is 27.3 Å². The van der Waals surface area contributed by atoms with Gasteiger partial charge in [-0.2, -0.15) is 0 Å². The third-order valence-electron chi connectivity index (χ3n) is 4.00. The Balaban J connectivity index is 1.55. The zero-order valence-electron chi connectivity index (χ0n) is 12.8. The molecule has 0 unspecified atom stereocenters. The Morgan fingerprint density at radius 3 is 2.71 bits per heavy atom. The topological polar surface area (TPSA) is 42.2 Å². The van der Waals surface area contributed by atoms with Crippen LogP contribution in [0.4, 0.5) is 5.69 Å². The number of carbonyl (C=O) groups is 1. The Morgan fingerprint density at radius 1 is 1.00 bits per heavy atom. The predicted octanol–water partition coefficient (Wildman–Crippen LogP) is 5.53. The van der Waals surface area contributed by atoms with E-state index in [-0.39, 0.29) is 12.3 Å². The SMILES string of the molecule is O=C(Cc1coc2ccc(Br)cc12)Nc1ccc2ccccc2c1. The predicted molar refractivity (Wildman–Crippen MR) is 100 cm³/mol. The van der Waals surface area contributed by atoms with Crippen molar-refractivity contribution in [3.63, 3.8) is 0 Å². The molecule has 0 spiro atoms. The number of hydrogen-bond donors (Lipinski definition) is 1. The molecule has 3 nitrogen and oxygen atoms in total. The highest BCUT2D eigenvalue weighted by molar-refractivity contribution is 9.10. The van der Waals surface area contributed by atoms with E-state index >= 15 is 0 Å². The summed E-state index contributed by atoms with van der Waals surface area (Å²) in [5.41, 5.74) is 2.46. The van der Waals surface area contributed by atoms with Gasteiger partial charge in [0, 0.05) is 21.1 Å². The molecule has 0 saturated heterocycles. The second-order valence-electron chi connectivity index (χ2n) is 5.69. The molecule has 0 aliphatic heterocycles. The maximum atomic E-state index is 12.4. The smallest absolute Gasteiger partial charge is 0.228 e. The van der Waals surface area contributed by atoms with Crippen molar-refractivity contribution in [1.82, 2.24) is 0 Å². The molecule has 1 N–H and O–H groups in total. The van der Waals surface area contributed by atoms with Crippen molar-refractivity contribution in [2.24, 2.45) is 0 Å². The van der Waals surface area contributed by atoms with E-state index < -0.39 is 0 Å². The first-order chi connectivity index (χ1) is 11.7. The largest absolute Gasteiger partial charge is 0.464 e. The van der Waals surface area contributed by atoms with E-state index in [1.807, 2.05) is 54.6 Å². The molecule has 0 saturated carbocycles. The van der Waals surface area contributed by atoms with Crippen LogP contribution in [0.1, 0.15) is 5.56 Å². The van der Waals surface area contributed by atoms with E-state index in [0.717, 1.165) is 37.5 Å². The van der Waals surface area contributed by atoms with E-state index in [0.29, 0.717) is 0 Å². The summed E-state index contributed by atoms with van der Waals surface area (Å²) in [6, 6.07) is 19.8. The van der Waals surface area contributed by atoms with E-state index in [4.69, 9.17) is 4.42 Å². The lowest BCUT2D eigenvalue weighted by Crippen LogP contribution is -2.14. The fraction of sp³-hybridized carbons (Fsp3) is 0.0500. The summed E-state index contributed by atoms with van der Waals surface area (Å²) in [6.45, 7) is 0. The number of halogens is 1. The normalized spacial score (nSPS) is 11.0. The molecule has 4 aromatic rings. The zero-order chi connectivity index (χ0) is 16.5. The minimum Gasteiger partial charge on any atom is -0.464 e. The van der Waals surface area contributed by atoms with Gasteiger partial charge in [-0.3, -0.25) is 4.79 Å². The van der Waals surface area contributed by atoms with Crippen LogP contribution < -0.4 is 5.32 Å². The molecular formula is C20H14BrNO2. The second-order valence-corrected chi connectivity index (χ2v) is 6.60. The lowest BCUT2D eigenvalue weighted by molar-refractivity contribution is -0.115. The van der Waals surface area contributed by atoms with Crippen molar-refractivity contribution in [3.05, 3.63) is 77.0 Å². The average molecular weight is 380 g/mol. The minimum atomic E-state index is -0.0621. The number of carbonyl (C=O) groups excluding carboxylic acids is 1. The number of anilines is 1. The molecule has 3 aromatic carbocycles. The Kier molecular flexibility index (Phi) is 3.82. The standard InChI is InChI=1S/C20H14BrNO2/c21-16-6-8-19-18(11-16)15(12-24-19)10-20(23)22-17-7-5-13-3-1-2-4-14(13)9-17/h1-9,11-12H,10H2,(H,22,23). The fourth-order valence-corrected chi connectivity index (χ4v) is 3.20. The van der Waals surface area contributed by atoms with Gasteiger partial charge in [-0.1, -0.05) is 46.3 Å². The van der Waals surface area contributed by atoms with E-state index in [1.54, 1.807) is 6.26 Å². The number of rotatable bonds is 3. The molecular weight excluding hydrogens is 366 g/mol. The second kappa shape index (κ2) is 6.13. The van der Waals surface area contributed by atoms with Crippen molar-refractivity contribution in [2.45, 2.75) is 6.42 Å². The van der Waals surface area contributed by atoms with Gasteiger partial charge in [-0.05, 0) is 41.1 Å². The Labute approximate surface area is 147 Å². The monoisotopic (exact) mass is 379 g/mol. The van der Waals surface area contributed by atoms with Crippen LogP contribution in [-0.2, 0) is 11.2 Å². The average Bonchev–Trinajstić information content (AvgIpc) is 2.97. The molecule has 0 aliphatic rings. The van der Waals surface area contributed by atoms with Crippen molar-refractivity contribution in [3.8, 4) is 0 Å². The molecule has 4 heteroatoms. The molecule has 118 valence electrons. The Hall–Kier alpha value is -2.59. The number of furan rings is 1. The van der Waals surface area contributed by atoms with Gasteiger partial charge < -0.3 is 9.73 Å². The van der Waals surface area contributed by atoms with Gasteiger partial charge >= 0.3 is 0 Å². The van der Waals surface area contributed by atoms with E-state index in [9.17, 15) is 4.79 Å². The van der Waals surface area contributed by atoms with Crippen LogP contribution in [0.15, 0.2) is 75.8 Å². The highest BCUT2D eigenvalue weighted by atomic mass is 79.9. The minimum absolute atomic E-state index is 0.0621. The van der Waals surface area contributed by atoms with Crippen molar-refractivity contribution >= 4 is 49.3 Å². The summed E-state index contributed by atoms with van der Waals surface area (Å²) in [5, 5.41) is 6.17. The summed E-state index contributed by atoms with van der Waals surface area (Å²) in [6.07, 6.45) is 1.92. The van der Waals surface area contributed by atoms with Crippen LogP contribution in [0, 0.1) is 0 Å². The molecule has 24 heavy (non-hydrogen) atoms. The molecule has 0 atom stereocenters. The van der Waals surface area contributed by atoms with Crippen LogP contribution >= 0.6 is 15.9 Å². The quantitative estimate of drug-likeness (QED) is 0.508. The molecule has 0 aliphatic carbocycles. The van der Waals surface area contributed by atoms with Gasteiger partial charge in [0.2, 0.25) is 5.91 Å². The highest BCUT2D eigenvalue weighted by Gasteiger charge is 2.11. The van der Waals surface area contributed by atoms with Gasteiger partial charge in [-0.25, -0.2) is 0 Å². The molecule has 1 amide bonds. The first-order valence-corrected chi connectivity index (χ1v) is 8.43. The third-order valence-corrected chi connectivity index (χ3v) is 4.49. The van der Waals surface area contributed by atoms with Crippen molar-refractivity contribution in [1.29, 1.82) is 0 Å². The number of amides is 1. The first-order valence-electron chi connectivity index (χ1n) is 7.63. The third kappa shape index (κ3) is 2.93. The Bertz CT molecular complexity index is 1050. The zero-order valence-corrected chi connectivity index (χ0v) is 14.3. The maximum Gasteiger partial charge on any atom is 0.228 e. The van der Waals surface area contributed by atoms with Gasteiger partial charge in [0.15, 0.2) is 0 Å². The van der Waals surface area contributed by atoms with Gasteiger partial charge in [-0.15, -0.1) is 0 Å². The number of benzene rings is 3. The number of hydrogen-bond acceptors (Lipinski definition) is 2. The molecule has 1 heterocycles. The lowest BCUT2D eigenvalue weighted by Gasteiger charge is -2.06. The van der Waals surface area contributed by atoms with Crippen molar-refractivity contribution in [2.75, 3.05) is 5.32 Å². The number of nitrogens with one attached hydrogen (secondary N) is 1. The molecule has 0 radical (unpaired) electrons. The lowest BCUT2D eigenvalue weighted by atomic mass is 10.1. The molecule has 0 bridgehead atoms. The van der Waals surface area contributed by atoms with Crippen molar-refractivity contribution < 1.29 is 9.21 Å². The molecule has 0 fully saturated rings. The van der Waals surface area contributed by atoms with E-state index in [1.165, 1.54) is 0 Å². The van der Waals surface area contributed by atoms with Crippen LogP contribution in [0.3, 0.4) is 0 Å². The first kappa shape index (κ1) is 15.0. The van der Waals surface area contributed by atoms with Crippen LogP contribution in [-0.4, -0.2) is 5.91 Å². The van der Waals surface area contributed by atoms with Crippen LogP contribution in [0.5, 0.6) is 0 Å².